The van der Waals surface area contributed by atoms with E-state index in [0.29, 0.717) is 16.3 Å². The first-order valence-corrected chi connectivity index (χ1v) is 7.52. The molecule has 2 rings (SSSR count). The van der Waals surface area contributed by atoms with Crippen LogP contribution in [-0.4, -0.2) is 23.6 Å². The van der Waals surface area contributed by atoms with Crippen molar-refractivity contribution in [2.24, 2.45) is 0 Å². The maximum atomic E-state index is 11.9. The molecule has 0 aliphatic carbocycles. The van der Waals surface area contributed by atoms with Crippen LogP contribution in [0.2, 0.25) is 0 Å². The van der Waals surface area contributed by atoms with Crippen LogP contribution in [0.25, 0.3) is 0 Å². The van der Waals surface area contributed by atoms with Gasteiger partial charge in [0.1, 0.15) is 10.8 Å². The van der Waals surface area contributed by atoms with Gasteiger partial charge in [0, 0.05) is 4.88 Å². The molecular weight excluding hydrogens is 302 g/mol. The van der Waals surface area contributed by atoms with Crippen LogP contribution in [0.15, 0.2) is 24.3 Å². The zero-order valence-corrected chi connectivity index (χ0v) is 13.4. The van der Waals surface area contributed by atoms with E-state index < -0.39 is 5.97 Å². The first-order chi connectivity index (χ1) is 10.4. The monoisotopic (exact) mass is 319 g/mol. The van der Waals surface area contributed by atoms with Gasteiger partial charge in [-0.15, -0.1) is 11.3 Å². The molecule has 0 bridgehead atoms. The van der Waals surface area contributed by atoms with Crippen molar-refractivity contribution in [2.45, 2.75) is 20.8 Å². The van der Waals surface area contributed by atoms with Gasteiger partial charge in [-0.3, -0.25) is 4.79 Å². The lowest BCUT2D eigenvalue weighted by atomic mass is 10.1. The van der Waals surface area contributed by atoms with Gasteiger partial charge in [-0.05, 0) is 38.5 Å². The van der Waals surface area contributed by atoms with Crippen LogP contribution in [-0.2, 0) is 4.79 Å². The van der Waals surface area contributed by atoms with Gasteiger partial charge < -0.3 is 15.2 Å². The summed E-state index contributed by atoms with van der Waals surface area (Å²) in [5, 5.41) is 12.2. The van der Waals surface area contributed by atoms with Crippen LogP contribution >= 0.6 is 11.3 Å². The van der Waals surface area contributed by atoms with Gasteiger partial charge in [-0.1, -0.05) is 17.7 Å². The van der Waals surface area contributed by atoms with Gasteiger partial charge in [-0.2, -0.15) is 0 Å². The number of benzene rings is 1. The Morgan fingerprint density at radius 1 is 1.18 bits per heavy atom. The van der Waals surface area contributed by atoms with Crippen molar-refractivity contribution >= 4 is 28.2 Å². The minimum Gasteiger partial charge on any atom is -0.484 e. The van der Waals surface area contributed by atoms with Crippen molar-refractivity contribution in [2.75, 3.05) is 11.9 Å². The highest BCUT2D eigenvalue weighted by Gasteiger charge is 2.20. The molecule has 2 aromatic rings. The van der Waals surface area contributed by atoms with Crippen LogP contribution < -0.4 is 10.1 Å². The summed E-state index contributed by atoms with van der Waals surface area (Å²) in [6, 6.07) is 7.35. The lowest BCUT2D eigenvalue weighted by Gasteiger charge is -2.07. The lowest BCUT2D eigenvalue weighted by molar-refractivity contribution is -0.118. The smallest absolute Gasteiger partial charge is 0.338 e. The van der Waals surface area contributed by atoms with Gasteiger partial charge in [0.25, 0.3) is 5.91 Å². The van der Waals surface area contributed by atoms with E-state index in [9.17, 15) is 14.7 Å². The quantitative estimate of drug-likeness (QED) is 0.886. The van der Waals surface area contributed by atoms with E-state index in [-0.39, 0.29) is 18.1 Å². The molecule has 6 heteroatoms. The number of amides is 1. The van der Waals surface area contributed by atoms with E-state index in [4.69, 9.17) is 4.74 Å². The highest BCUT2D eigenvalue weighted by Crippen LogP contribution is 2.32. The van der Waals surface area contributed by atoms with Crippen molar-refractivity contribution in [1.29, 1.82) is 0 Å². The number of carboxylic acid groups (broad SMARTS) is 1. The molecule has 0 aliphatic heterocycles. The van der Waals surface area contributed by atoms with Gasteiger partial charge in [0.15, 0.2) is 6.61 Å². The second-order valence-electron chi connectivity index (χ2n) is 4.94. The molecule has 0 atom stereocenters. The van der Waals surface area contributed by atoms with E-state index >= 15 is 0 Å². The second kappa shape index (κ2) is 6.62. The molecule has 0 unspecified atom stereocenters. The molecule has 22 heavy (non-hydrogen) atoms. The average Bonchev–Trinajstić information content (AvgIpc) is 2.73. The summed E-state index contributed by atoms with van der Waals surface area (Å²) in [6.07, 6.45) is 0. The highest BCUT2D eigenvalue weighted by molar-refractivity contribution is 7.16. The summed E-state index contributed by atoms with van der Waals surface area (Å²) in [7, 11) is 0. The zero-order valence-electron chi connectivity index (χ0n) is 12.6. The summed E-state index contributed by atoms with van der Waals surface area (Å²) in [5.74, 6) is -0.835. The average molecular weight is 319 g/mol. The third-order valence-corrected chi connectivity index (χ3v) is 4.37. The third kappa shape index (κ3) is 3.65. The van der Waals surface area contributed by atoms with Crippen LogP contribution in [0.5, 0.6) is 5.75 Å². The minimum absolute atomic E-state index is 0.145. The Morgan fingerprint density at radius 2 is 1.82 bits per heavy atom. The largest absolute Gasteiger partial charge is 0.484 e. The Labute approximate surface area is 132 Å². The number of rotatable bonds is 5. The number of carbonyl (C=O) groups excluding carboxylic acids is 1. The number of nitrogens with one attached hydrogen (secondary N) is 1. The number of thiophene rings is 1. The van der Waals surface area contributed by atoms with Crippen molar-refractivity contribution in [1.82, 2.24) is 0 Å². The van der Waals surface area contributed by atoms with Crippen molar-refractivity contribution in [3.8, 4) is 5.75 Å². The predicted octanol–water partition coefficient (Wildman–Crippen LogP) is 3.39. The van der Waals surface area contributed by atoms with Crippen LogP contribution in [0.4, 0.5) is 5.00 Å². The number of carbonyl (C=O) groups is 2. The van der Waals surface area contributed by atoms with Crippen LogP contribution in [0.1, 0.15) is 26.4 Å². The Kier molecular flexibility index (Phi) is 4.82. The van der Waals surface area contributed by atoms with Crippen molar-refractivity contribution in [3.05, 3.63) is 45.8 Å². The topological polar surface area (TPSA) is 75.6 Å². The lowest BCUT2D eigenvalue weighted by Crippen LogP contribution is -2.20. The van der Waals surface area contributed by atoms with Gasteiger partial charge in [-0.25, -0.2) is 4.79 Å². The molecule has 5 nitrogen and oxygen atoms in total. The minimum atomic E-state index is -1.04. The van der Waals surface area contributed by atoms with E-state index in [1.54, 1.807) is 19.1 Å². The van der Waals surface area contributed by atoms with Gasteiger partial charge >= 0.3 is 5.97 Å². The third-order valence-electron chi connectivity index (χ3n) is 3.24. The summed E-state index contributed by atoms with van der Waals surface area (Å²) < 4.78 is 5.38. The SMILES string of the molecule is Cc1ccc(OCC(=O)Nc2sc(C)c(C)c2C(=O)O)cc1. The van der Waals surface area contributed by atoms with Crippen LogP contribution in [0, 0.1) is 20.8 Å². The molecule has 1 amide bonds. The maximum absolute atomic E-state index is 11.9. The summed E-state index contributed by atoms with van der Waals surface area (Å²) in [4.78, 5) is 24.1. The molecule has 1 aromatic carbocycles. The number of hydrogen-bond acceptors (Lipinski definition) is 4. The second-order valence-corrected chi connectivity index (χ2v) is 6.17. The molecule has 0 fully saturated rings. The summed E-state index contributed by atoms with van der Waals surface area (Å²) in [5.41, 5.74) is 1.92. The van der Waals surface area contributed by atoms with Gasteiger partial charge in [0.2, 0.25) is 0 Å². The Hall–Kier alpha value is -2.34. The highest BCUT2D eigenvalue weighted by atomic mass is 32.1. The fourth-order valence-electron chi connectivity index (χ4n) is 1.92. The summed E-state index contributed by atoms with van der Waals surface area (Å²) in [6.45, 7) is 5.35. The first kappa shape index (κ1) is 16.0. The van der Waals surface area contributed by atoms with E-state index in [1.807, 2.05) is 26.0 Å². The normalized spacial score (nSPS) is 10.3. The molecule has 0 saturated carbocycles. The molecule has 2 N–H and O–H groups in total. The Morgan fingerprint density at radius 3 is 2.41 bits per heavy atom. The molecule has 1 aromatic heterocycles. The summed E-state index contributed by atoms with van der Waals surface area (Å²) >= 11 is 1.25. The van der Waals surface area contributed by atoms with Crippen molar-refractivity contribution in [3.63, 3.8) is 0 Å². The molecule has 0 spiro atoms. The number of hydrogen-bond donors (Lipinski definition) is 2. The zero-order chi connectivity index (χ0) is 16.3. The number of carboxylic acids is 1. The van der Waals surface area contributed by atoms with E-state index in [0.717, 1.165) is 10.4 Å². The molecule has 0 saturated heterocycles. The molecule has 0 radical (unpaired) electrons. The Bertz CT molecular complexity index is 704. The standard InChI is InChI=1S/C16H17NO4S/c1-9-4-6-12(7-5-9)21-8-13(18)17-15-14(16(19)20)10(2)11(3)22-15/h4-7H,8H2,1-3H3,(H,17,18)(H,19,20). The van der Waals surface area contributed by atoms with E-state index in [2.05, 4.69) is 5.32 Å². The predicted molar refractivity (Wildman–Crippen MR) is 86.1 cm³/mol. The number of ether oxygens (including phenoxy) is 1. The number of aromatic carboxylic acids is 1. The maximum Gasteiger partial charge on any atom is 0.338 e. The molecule has 1 heterocycles. The van der Waals surface area contributed by atoms with E-state index in [1.165, 1.54) is 11.3 Å². The van der Waals surface area contributed by atoms with Gasteiger partial charge in [0.05, 0.1) is 5.56 Å². The van der Waals surface area contributed by atoms with Crippen molar-refractivity contribution < 1.29 is 19.4 Å². The van der Waals surface area contributed by atoms with Crippen LogP contribution in [0.3, 0.4) is 0 Å². The molecule has 116 valence electrons. The number of anilines is 1. The molecular formula is C16H17NO4S. The number of aryl methyl sites for hydroxylation is 2. The molecule has 0 aliphatic rings. The fourth-order valence-corrected chi connectivity index (χ4v) is 2.99. The first-order valence-electron chi connectivity index (χ1n) is 6.71. The fraction of sp³-hybridized carbons (Fsp3) is 0.250. The Balaban J connectivity index is 2.02.